The van der Waals surface area contributed by atoms with Crippen molar-refractivity contribution in [1.29, 1.82) is 0 Å². The molecule has 0 spiro atoms. The molecule has 0 aromatic rings. The molecule has 0 aromatic carbocycles. The molecule has 5 N–H and O–H groups in total. The van der Waals surface area contributed by atoms with Crippen molar-refractivity contribution in [3.8, 4) is 0 Å². The van der Waals surface area contributed by atoms with E-state index >= 15 is 0 Å². The highest BCUT2D eigenvalue weighted by atomic mass is 16.4. The molecule has 0 amide bonds. The highest BCUT2D eigenvalue weighted by molar-refractivity contribution is 5.74. The first-order valence-corrected chi connectivity index (χ1v) is 3.61. The van der Waals surface area contributed by atoms with E-state index in [1.807, 2.05) is 0 Å². The molecule has 0 aliphatic heterocycles. The van der Waals surface area contributed by atoms with Crippen LogP contribution < -0.4 is 5.73 Å². The fourth-order valence-corrected chi connectivity index (χ4v) is 0.761. The van der Waals surface area contributed by atoms with Gasteiger partial charge in [0.05, 0.1) is 12.7 Å². The van der Waals surface area contributed by atoms with Gasteiger partial charge in [-0.1, -0.05) is 13.8 Å². The van der Waals surface area contributed by atoms with E-state index in [-0.39, 0.29) is 0 Å². The zero-order valence-electron chi connectivity index (χ0n) is 7.19. The molecule has 5 nitrogen and oxygen atoms in total. The van der Waals surface area contributed by atoms with Gasteiger partial charge < -0.3 is 21.1 Å². The first-order valence-electron chi connectivity index (χ1n) is 3.61. The normalized spacial score (nSPS) is 17.1. The molecule has 0 aromatic heterocycles. The molecule has 0 saturated carbocycles. The summed E-state index contributed by atoms with van der Waals surface area (Å²) in [5.41, 5.74) is 4.27. The van der Waals surface area contributed by atoms with Crippen molar-refractivity contribution in [3.63, 3.8) is 0 Å². The smallest absolute Gasteiger partial charge is 0.321 e. The van der Waals surface area contributed by atoms with Crippen molar-refractivity contribution in [2.24, 2.45) is 11.1 Å². The van der Waals surface area contributed by atoms with E-state index in [1.165, 1.54) is 13.8 Å². The molecule has 12 heavy (non-hydrogen) atoms. The summed E-state index contributed by atoms with van der Waals surface area (Å²) in [5.74, 6) is -1.19. The summed E-state index contributed by atoms with van der Waals surface area (Å²) < 4.78 is 0. The van der Waals surface area contributed by atoms with Crippen LogP contribution in [-0.2, 0) is 4.79 Å². The second-order valence-corrected chi connectivity index (χ2v) is 3.34. The Kier molecular flexibility index (Phi) is 3.63. The van der Waals surface area contributed by atoms with Crippen LogP contribution in [-0.4, -0.2) is 40.0 Å². The molecular weight excluding hydrogens is 162 g/mol. The van der Waals surface area contributed by atoms with Crippen molar-refractivity contribution < 1.29 is 20.1 Å². The number of carboxylic acid groups (broad SMARTS) is 1. The maximum absolute atomic E-state index is 10.4. The predicted molar refractivity (Wildman–Crippen MR) is 42.5 cm³/mol. The Morgan fingerprint density at radius 2 is 2.00 bits per heavy atom. The Hall–Kier alpha value is -0.650. The van der Waals surface area contributed by atoms with Crippen molar-refractivity contribution in [2.45, 2.75) is 26.0 Å². The van der Waals surface area contributed by atoms with Gasteiger partial charge in [-0.25, -0.2) is 0 Å². The maximum Gasteiger partial charge on any atom is 0.321 e. The third kappa shape index (κ3) is 2.17. The summed E-state index contributed by atoms with van der Waals surface area (Å²) in [6.45, 7) is 2.49. The first kappa shape index (κ1) is 11.4. The van der Waals surface area contributed by atoms with Gasteiger partial charge in [0.1, 0.15) is 6.04 Å². The van der Waals surface area contributed by atoms with Gasteiger partial charge in [-0.2, -0.15) is 0 Å². The number of hydrogen-bond donors (Lipinski definition) is 4. The van der Waals surface area contributed by atoms with E-state index < -0.39 is 30.1 Å². The monoisotopic (exact) mass is 177 g/mol. The Morgan fingerprint density at radius 3 is 2.25 bits per heavy atom. The largest absolute Gasteiger partial charge is 0.480 e. The van der Waals surface area contributed by atoms with Gasteiger partial charge in [-0.15, -0.1) is 0 Å². The number of aliphatic hydroxyl groups is 2. The average Bonchev–Trinajstić information content (AvgIpc) is 2.01. The second kappa shape index (κ2) is 3.84. The van der Waals surface area contributed by atoms with Gasteiger partial charge >= 0.3 is 5.97 Å². The van der Waals surface area contributed by atoms with Crippen LogP contribution in [0.2, 0.25) is 0 Å². The summed E-state index contributed by atoms with van der Waals surface area (Å²) in [4.78, 5) is 10.4. The fourth-order valence-electron chi connectivity index (χ4n) is 0.761. The lowest BCUT2D eigenvalue weighted by molar-refractivity contribution is -0.144. The van der Waals surface area contributed by atoms with Crippen LogP contribution in [0.15, 0.2) is 0 Å². The number of rotatable bonds is 4. The predicted octanol–water partition coefficient (Wildman–Crippen LogP) is -1.22. The van der Waals surface area contributed by atoms with E-state index in [0.717, 1.165) is 0 Å². The van der Waals surface area contributed by atoms with Gasteiger partial charge in [0.25, 0.3) is 0 Å². The highest BCUT2D eigenvalue weighted by Gasteiger charge is 2.38. The lowest BCUT2D eigenvalue weighted by Crippen LogP contribution is -2.51. The zero-order chi connectivity index (χ0) is 9.94. The van der Waals surface area contributed by atoms with Crippen molar-refractivity contribution in [2.75, 3.05) is 6.61 Å². The van der Waals surface area contributed by atoms with E-state index in [1.54, 1.807) is 0 Å². The number of carbonyl (C=O) groups is 1. The Morgan fingerprint density at radius 1 is 1.58 bits per heavy atom. The minimum Gasteiger partial charge on any atom is -0.480 e. The molecule has 5 heteroatoms. The van der Waals surface area contributed by atoms with Crippen molar-refractivity contribution in [3.05, 3.63) is 0 Å². The van der Waals surface area contributed by atoms with Gasteiger partial charge in [0, 0.05) is 5.41 Å². The lowest BCUT2D eigenvalue weighted by atomic mass is 9.79. The number of nitrogens with two attached hydrogens (primary N) is 1. The number of aliphatic carboxylic acids is 1. The van der Waals surface area contributed by atoms with Crippen LogP contribution in [0.25, 0.3) is 0 Å². The Balaban J connectivity index is 4.48. The maximum atomic E-state index is 10.4. The minimum absolute atomic E-state index is 0.492. The average molecular weight is 177 g/mol. The molecule has 0 rings (SSSR count). The van der Waals surface area contributed by atoms with E-state index in [9.17, 15) is 9.90 Å². The molecule has 2 atom stereocenters. The molecule has 0 saturated heterocycles. The zero-order valence-corrected chi connectivity index (χ0v) is 7.19. The molecule has 0 radical (unpaired) electrons. The third-order valence-electron chi connectivity index (χ3n) is 2.10. The van der Waals surface area contributed by atoms with Crippen molar-refractivity contribution >= 4 is 5.97 Å². The summed E-state index contributed by atoms with van der Waals surface area (Å²) in [7, 11) is 0. The topological polar surface area (TPSA) is 104 Å². The van der Waals surface area contributed by atoms with E-state index in [4.69, 9.17) is 15.9 Å². The first-order chi connectivity index (χ1) is 5.34. The summed E-state index contributed by atoms with van der Waals surface area (Å²) in [5, 5.41) is 26.4. The van der Waals surface area contributed by atoms with E-state index in [0.29, 0.717) is 0 Å². The molecule has 0 fully saturated rings. The molecule has 0 aliphatic rings. The molecule has 0 aliphatic carbocycles. The van der Waals surface area contributed by atoms with E-state index in [2.05, 4.69) is 0 Å². The number of hydrogen-bond acceptors (Lipinski definition) is 4. The molecule has 72 valence electrons. The summed E-state index contributed by atoms with van der Waals surface area (Å²) >= 11 is 0. The van der Waals surface area contributed by atoms with Gasteiger partial charge in [0.2, 0.25) is 0 Å². The standard InChI is InChI=1S/C7H15NO4/c1-7(2,4(10)3-9)5(8)6(11)12/h4-5,9-10H,3,8H2,1-2H3,(H,11,12)/t4?,5-/m1/s1. The summed E-state index contributed by atoms with van der Waals surface area (Å²) in [6.07, 6.45) is -1.12. The Labute approximate surface area is 70.8 Å². The van der Waals surface area contributed by atoms with Gasteiger partial charge in [-0.05, 0) is 0 Å². The third-order valence-corrected chi connectivity index (χ3v) is 2.10. The Bertz CT molecular complexity index is 169. The van der Waals surface area contributed by atoms with Crippen LogP contribution >= 0.6 is 0 Å². The van der Waals surface area contributed by atoms with Crippen molar-refractivity contribution in [1.82, 2.24) is 0 Å². The van der Waals surface area contributed by atoms with Gasteiger partial charge in [-0.3, -0.25) is 4.79 Å². The molecule has 1 unspecified atom stereocenters. The minimum atomic E-state index is -1.19. The molecule has 0 bridgehead atoms. The molecule has 0 heterocycles. The SMILES string of the molecule is CC(C)(C(O)CO)[C@H](N)C(=O)O. The van der Waals surface area contributed by atoms with Crippen LogP contribution in [0, 0.1) is 5.41 Å². The quantitative estimate of drug-likeness (QED) is 0.431. The van der Waals surface area contributed by atoms with Crippen LogP contribution in [0.1, 0.15) is 13.8 Å². The second-order valence-electron chi connectivity index (χ2n) is 3.34. The van der Waals surface area contributed by atoms with Gasteiger partial charge in [0.15, 0.2) is 0 Å². The number of aliphatic hydroxyl groups excluding tert-OH is 2. The molecular formula is C7H15NO4. The number of carboxylic acids is 1. The summed E-state index contributed by atoms with van der Waals surface area (Å²) in [6, 6.07) is -1.18. The van der Waals surface area contributed by atoms with Crippen LogP contribution in [0.5, 0.6) is 0 Å². The fraction of sp³-hybridized carbons (Fsp3) is 0.857. The van der Waals surface area contributed by atoms with Crippen LogP contribution in [0.3, 0.4) is 0 Å². The highest BCUT2D eigenvalue weighted by Crippen LogP contribution is 2.23. The lowest BCUT2D eigenvalue weighted by Gasteiger charge is -2.32. The van der Waals surface area contributed by atoms with Crippen LogP contribution in [0.4, 0.5) is 0 Å².